The molecule has 0 saturated carbocycles. The molecule has 1 aliphatic rings. The van der Waals surface area contributed by atoms with E-state index in [1.54, 1.807) is 0 Å². The predicted molar refractivity (Wildman–Crippen MR) is 126 cm³/mol. The summed E-state index contributed by atoms with van der Waals surface area (Å²) < 4.78 is 11.6. The Hall–Kier alpha value is -2.49. The average Bonchev–Trinajstić information content (AvgIpc) is 2.74. The maximum absolute atomic E-state index is 12.6. The van der Waals surface area contributed by atoms with Crippen LogP contribution in [0, 0.1) is 0 Å². The van der Waals surface area contributed by atoms with Gasteiger partial charge in [-0.15, -0.1) is 0 Å². The van der Waals surface area contributed by atoms with Crippen LogP contribution in [0.15, 0.2) is 54.6 Å². The highest BCUT2D eigenvalue weighted by Gasteiger charge is 2.30. The largest absolute Gasteiger partial charge is 0.494 e. The fourth-order valence-electron chi connectivity index (χ4n) is 4.16. The van der Waals surface area contributed by atoms with Crippen LogP contribution in [-0.4, -0.2) is 35.8 Å². The van der Waals surface area contributed by atoms with Crippen LogP contribution in [-0.2, 0) is 10.2 Å². The van der Waals surface area contributed by atoms with Crippen molar-refractivity contribution in [1.29, 1.82) is 0 Å². The van der Waals surface area contributed by atoms with Crippen molar-refractivity contribution in [3.8, 4) is 5.75 Å². The van der Waals surface area contributed by atoms with Crippen LogP contribution >= 0.6 is 0 Å². The molecule has 2 aromatic rings. The van der Waals surface area contributed by atoms with Crippen molar-refractivity contribution in [3.05, 3.63) is 65.7 Å². The van der Waals surface area contributed by atoms with Crippen molar-refractivity contribution in [2.45, 2.75) is 77.4 Å². The topological polar surface area (TPSA) is 38.8 Å². The molecule has 1 atom stereocenters. The molecule has 0 aliphatic carbocycles. The fraction of sp³-hybridized carbons (Fsp3) is 0.519. The standard InChI is InChI=1S/C27H37NO3/c1-26(2,3)31-25(29)28-19-10-9-13-23(28)18-20-30-24-16-14-22(15-17-24)27(4,5)21-11-7-6-8-12-21/h6-8,11-12,14-17,23H,9-10,13,18-20H2,1-5H3. The van der Waals surface area contributed by atoms with Crippen LogP contribution in [0.3, 0.4) is 0 Å². The number of carbonyl (C=O) groups is 1. The molecule has 1 saturated heterocycles. The second-order valence-corrected chi connectivity index (χ2v) is 9.98. The molecule has 4 nitrogen and oxygen atoms in total. The number of carbonyl (C=O) groups excluding carboxylic acids is 1. The van der Waals surface area contributed by atoms with Crippen LogP contribution in [0.2, 0.25) is 0 Å². The molecule has 1 unspecified atom stereocenters. The van der Waals surface area contributed by atoms with E-state index in [0.717, 1.165) is 38.0 Å². The molecule has 1 amide bonds. The van der Waals surface area contributed by atoms with Crippen molar-refractivity contribution in [2.24, 2.45) is 0 Å². The average molecular weight is 424 g/mol. The van der Waals surface area contributed by atoms with Gasteiger partial charge < -0.3 is 14.4 Å². The second-order valence-electron chi connectivity index (χ2n) is 9.98. The zero-order valence-electron chi connectivity index (χ0n) is 19.7. The van der Waals surface area contributed by atoms with Gasteiger partial charge in [0.25, 0.3) is 0 Å². The Bertz CT molecular complexity index is 837. The van der Waals surface area contributed by atoms with Crippen LogP contribution < -0.4 is 4.74 Å². The quantitative estimate of drug-likeness (QED) is 0.527. The lowest BCUT2D eigenvalue weighted by molar-refractivity contribution is 0.00743. The zero-order chi connectivity index (χ0) is 22.5. The summed E-state index contributed by atoms with van der Waals surface area (Å²) in [4.78, 5) is 14.5. The normalized spacial score (nSPS) is 17.3. The minimum atomic E-state index is -0.467. The molecule has 0 bridgehead atoms. The van der Waals surface area contributed by atoms with E-state index in [2.05, 4.69) is 50.2 Å². The van der Waals surface area contributed by atoms with Gasteiger partial charge >= 0.3 is 6.09 Å². The van der Waals surface area contributed by atoms with Crippen molar-refractivity contribution in [3.63, 3.8) is 0 Å². The summed E-state index contributed by atoms with van der Waals surface area (Å²) in [5.74, 6) is 0.868. The first-order valence-electron chi connectivity index (χ1n) is 11.5. The minimum Gasteiger partial charge on any atom is -0.494 e. The SMILES string of the molecule is CC(C)(C)OC(=O)N1CCCCC1CCOc1ccc(C(C)(C)c2ccccc2)cc1. The Labute approximate surface area is 187 Å². The van der Waals surface area contributed by atoms with Gasteiger partial charge in [0.2, 0.25) is 0 Å². The molecule has 168 valence electrons. The molecule has 1 fully saturated rings. The van der Waals surface area contributed by atoms with Gasteiger partial charge in [0, 0.05) is 24.4 Å². The van der Waals surface area contributed by atoms with E-state index in [1.807, 2.05) is 43.9 Å². The Morgan fingerprint density at radius 3 is 2.23 bits per heavy atom. The molecular weight excluding hydrogens is 386 g/mol. The number of hydrogen-bond donors (Lipinski definition) is 0. The molecular formula is C27H37NO3. The second kappa shape index (κ2) is 9.76. The number of likely N-dealkylation sites (tertiary alicyclic amines) is 1. The molecule has 31 heavy (non-hydrogen) atoms. The molecule has 0 spiro atoms. The van der Waals surface area contributed by atoms with Gasteiger partial charge in [-0.05, 0) is 63.3 Å². The molecule has 2 aromatic carbocycles. The van der Waals surface area contributed by atoms with Gasteiger partial charge in [-0.3, -0.25) is 0 Å². The van der Waals surface area contributed by atoms with E-state index < -0.39 is 5.60 Å². The molecule has 1 heterocycles. The summed E-state index contributed by atoms with van der Waals surface area (Å²) in [5, 5.41) is 0. The van der Waals surface area contributed by atoms with Crippen LogP contribution in [0.4, 0.5) is 4.79 Å². The maximum atomic E-state index is 12.6. The van der Waals surface area contributed by atoms with Gasteiger partial charge in [-0.2, -0.15) is 0 Å². The van der Waals surface area contributed by atoms with Crippen LogP contribution in [0.5, 0.6) is 5.75 Å². The Kier molecular flexibility index (Phi) is 7.30. The summed E-state index contributed by atoms with van der Waals surface area (Å²) in [6.07, 6.45) is 3.80. The number of ether oxygens (including phenoxy) is 2. The van der Waals surface area contributed by atoms with E-state index in [9.17, 15) is 4.79 Å². The third-order valence-electron chi connectivity index (χ3n) is 6.05. The lowest BCUT2D eigenvalue weighted by Gasteiger charge is -2.36. The van der Waals surface area contributed by atoms with Gasteiger partial charge in [-0.25, -0.2) is 4.79 Å². The van der Waals surface area contributed by atoms with Gasteiger partial charge in [0.15, 0.2) is 0 Å². The highest BCUT2D eigenvalue weighted by atomic mass is 16.6. The Morgan fingerprint density at radius 2 is 1.58 bits per heavy atom. The number of piperidine rings is 1. The summed E-state index contributed by atoms with van der Waals surface area (Å²) >= 11 is 0. The first-order valence-corrected chi connectivity index (χ1v) is 11.5. The van der Waals surface area contributed by atoms with E-state index >= 15 is 0 Å². The highest BCUT2D eigenvalue weighted by Crippen LogP contribution is 2.32. The molecule has 4 heteroatoms. The Morgan fingerprint density at radius 1 is 0.935 bits per heavy atom. The van der Waals surface area contributed by atoms with E-state index in [4.69, 9.17) is 9.47 Å². The third-order valence-corrected chi connectivity index (χ3v) is 6.05. The fourth-order valence-corrected chi connectivity index (χ4v) is 4.16. The van der Waals surface area contributed by atoms with E-state index in [0.29, 0.717) is 6.61 Å². The third kappa shape index (κ3) is 6.25. The van der Waals surface area contributed by atoms with Crippen molar-refractivity contribution in [1.82, 2.24) is 4.90 Å². The molecule has 0 radical (unpaired) electrons. The molecule has 1 aliphatic heterocycles. The Balaban J connectivity index is 1.56. The number of hydrogen-bond acceptors (Lipinski definition) is 3. The summed E-state index contributed by atoms with van der Waals surface area (Å²) in [6.45, 7) is 11.6. The smallest absolute Gasteiger partial charge is 0.410 e. The van der Waals surface area contributed by atoms with Crippen molar-refractivity contribution >= 4 is 6.09 Å². The first-order chi connectivity index (χ1) is 14.7. The zero-order valence-corrected chi connectivity index (χ0v) is 19.7. The van der Waals surface area contributed by atoms with Gasteiger partial charge in [0.05, 0.1) is 6.61 Å². The number of benzene rings is 2. The van der Waals surface area contributed by atoms with E-state index in [-0.39, 0.29) is 17.6 Å². The predicted octanol–water partition coefficient (Wildman–Crippen LogP) is 6.57. The summed E-state index contributed by atoms with van der Waals surface area (Å²) in [7, 11) is 0. The molecule has 0 N–H and O–H groups in total. The van der Waals surface area contributed by atoms with Crippen molar-refractivity contribution < 1.29 is 14.3 Å². The monoisotopic (exact) mass is 423 g/mol. The molecule has 0 aromatic heterocycles. The molecule has 3 rings (SSSR count). The van der Waals surface area contributed by atoms with Gasteiger partial charge in [0.1, 0.15) is 11.4 Å². The number of rotatable bonds is 6. The van der Waals surface area contributed by atoms with Gasteiger partial charge in [-0.1, -0.05) is 56.3 Å². The van der Waals surface area contributed by atoms with Crippen molar-refractivity contribution in [2.75, 3.05) is 13.2 Å². The summed E-state index contributed by atoms with van der Waals surface area (Å²) in [5.41, 5.74) is 2.03. The number of amides is 1. The highest BCUT2D eigenvalue weighted by molar-refractivity contribution is 5.68. The minimum absolute atomic E-state index is 0.0597. The lowest BCUT2D eigenvalue weighted by atomic mass is 9.78. The van der Waals surface area contributed by atoms with Crippen LogP contribution in [0.25, 0.3) is 0 Å². The van der Waals surface area contributed by atoms with E-state index in [1.165, 1.54) is 11.1 Å². The lowest BCUT2D eigenvalue weighted by Crippen LogP contribution is -2.46. The summed E-state index contributed by atoms with van der Waals surface area (Å²) in [6, 6.07) is 19.1. The first kappa shape index (κ1) is 23.2. The maximum Gasteiger partial charge on any atom is 0.410 e. The van der Waals surface area contributed by atoms with Crippen LogP contribution in [0.1, 0.15) is 71.4 Å². The number of nitrogens with zero attached hydrogens (tertiary/aromatic N) is 1.